The summed E-state index contributed by atoms with van der Waals surface area (Å²) in [4.78, 5) is 11.4. The number of amides is 1. The average molecular weight is 195 g/mol. The Morgan fingerprint density at radius 2 is 2.29 bits per heavy atom. The van der Waals surface area contributed by atoms with Gasteiger partial charge in [0.25, 0.3) is 0 Å². The van der Waals surface area contributed by atoms with E-state index in [0.29, 0.717) is 6.54 Å². The summed E-state index contributed by atoms with van der Waals surface area (Å²) in [5.41, 5.74) is 1.97. The average Bonchev–Trinajstić information content (AvgIpc) is 2.42. The van der Waals surface area contributed by atoms with Crippen molar-refractivity contribution in [3.8, 4) is 0 Å². The first-order chi connectivity index (χ1) is 6.63. The highest BCUT2D eigenvalue weighted by Gasteiger charge is 2.05. The van der Waals surface area contributed by atoms with Crippen molar-refractivity contribution in [3.63, 3.8) is 0 Å². The van der Waals surface area contributed by atoms with Crippen molar-refractivity contribution in [3.05, 3.63) is 17.5 Å². The highest BCUT2D eigenvalue weighted by atomic mass is 16.2. The predicted molar refractivity (Wildman–Crippen MR) is 55.0 cm³/mol. The van der Waals surface area contributed by atoms with Gasteiger partial charge < -0.3 is 5.32 Å². The van der Waals surface area contributed by atoms with Crippen LogP contribution in [0.1, 0.15) is 24.7 Å². The molecule has 1 amide bonds. The van der Waals surface area contributed by atoms with Gasteiger partial charge in [-0.05, 0) is 26.3 Å². The van der Waals surface area contributed by atoms with Crippen LogP contribution in [-0.2, 0) is 11.3 Å². The third-order valence-electron chi connectivity index (χ3n) is 1.97. The zero-order chi connectivity index (χ0) is 10.6. The van der Waals surface area contributed by atoms with Gasteiger partial charge >= 0.3 is 0 Å². The van der Waals surface area contributed by atoms with E-state index in [1.807, 2.05) is 26.8 Å². The number of carbonyl (C=O) groups is 1. The highest BCUT2D eigenvalue weighted by molar-refractivity contribution is 5.75. The Morgan fingerprint density at radius 3 is 2.79 bits per heavy atom. The van der Waals surface area contributed by atoms with Gasteiger partial charge in [0, 0.05) is 12.2 Å². The minimum atomic E-state index is 0.0260. The van der Waals surface area contributed by atoms with E-state index < -0.39 is 0 Å². The number of rotatable bonds is 4. The van der Waals surface area contributed by atoms with Crippen LogP contribution < -0.4 is 5.32 Å². The van der Waals surface area contributed by atoms with Crippen molar-refractivity contribution in [1.29, 1.82) is 0 Å². The molecular weight excluding hydrogens is 178 g/mol. The first kappa shape index (κ1) is 10.8. The summed E-state index contributed by atoms with van der Waals surface area (Å²) in [5.74, 6) is 0.0260. The van der Waals surface area contributed by atoms with Gasteiger partial charge in [-0.3, -0.25) is 9.48 Å². The van der Waals surface area contributed by atoms with Crippen molar-refractivity contribution in [2.24, 2.45) is 0 Å². The summed E-state index contributed by atoms with van der Waals surface area (Å²) in [7, 11) is 0. The van der Waals surface area contributed by atoms with E-state index in [0.717, 1.165) is 24.4 Å². The second-order valence-electron chi connectivity index (χ2n) is 3.43. The molecular formula is C10H17N3O. The topological polar surface area (TPSA) is 46.9 Å². The molecule has 0 unspecified atom stereocenters. The van der Waals surface area contributed by atoms with Gasteiger partial charge in [-0.1, -0.05) is 6.92 Å². The smallest absolute Gasteiger partial charge is 0.241 e. The van der Waals surface area contributed by atoms with Crippen molar-refractivity contribution >= 4 is 5.91 Å². The summed E-state index contributed by atoms with van der Waals surface area (Å²) in [5, 5.41) is 7.03. The van der Waals surface area contributed by atoms with Crippen LogP contribution in [0.2, 0.25) is 0 Å². The van der Waals surface area contributed by atoms with Gasteiger partial charge in [0.1, 0.15) is 6.54 Å². The number of aryl methyl sites for hydroxylation is 2. The lowest BCUT2D eigenvalue weighted by Gasteiger charge is -2.04. The maximum absolute atomic E-state index is 11.4. The monoisotopic (exact) mass is 195 g/mol. The molecule has 0 atom stereocenters. The Kier molecular flexibility index (Phi) is 3.68. The zero-order valence-electron chi connectivity index (χ0n) is 9.00. The molecule has 1 heterocycles. The molecule has 0 fully saturated rings. The molecule has 78 valence electrons. The molecule has 0 saturated heterocycles. The Hall–Kier alpha value is -1.32. The molecule has 1 rings (SSSR count). The summed E-state index contributed by atoms with van der Waals surface area (Å²) in [6, 6.07) is 1.97. The zero-order valence-corrected chi connectivity index (χ0v) is 9.00. The molecule has 4 nitrogen and oxygen atoms in total. The number of carbonyl (C=O) groups excluding carboxylic acids is 1. The Labute approximate surface area is 84.3 Å². The maximum Gasteiger partial charge on any atom is 0.241 e. The molecule has 0 aliphatic carbocycles. The minimum Gasteiger partial charge on any atom is -0.355 e. The number of hydrogen-bond acceptors (Lipinski definition) is 2. The lowest BCUT2D eigenvalue weighted by Crippen LogP contribution is -2.28. The molecule has 0 saturated carbocycles. The third kappa shape index (κ3) is 2.87. The van der Waals surface area contributed by atoms with E-state index in [-0.39, 0.29) is 5.91 Å². The lowest BCUT2D eigenvalue weighted by molar-refractivity contribution is -0.121. The van der Waals surface area contributed by atoms with Gasteiger partial charge in [0.15, 0.2) is 0 Å². The van der Waals surface area contributed by atoms with Crippen molar-refractivity contribution in [2.45, 2.75) is 33.7 Å². The van der Waals surface area contributed by atoms with Gasteiger partial charge in [0.2, 0.25) is 5.91 Å². The highest BCUT2D eigenvalue weighted by Crippen LogP contribution is 2.00. The Bertz CT molecular complexity index is 317. The van der Waals surface area contributed by atoms with Crippen LogP contribution in [0.25, 0.3) is 0 Å². The number of nitrogens with one attached hydrogen (secondary N) is 1. The normalized spacial score (nSPS) is 10.2. The summed E-state index contributed by atoms with van der Waals surface area (Å²) in [6.45, 7) is 6.96. The maximum atomic E-state index is 11.4. The summed E-state index contributed by atoms with van der Waals surface area (Å²) >= 11 is 0. The molecule has 4 heteroatoms. The van der Waals surface area contributed by atoms with Crippen LogP contribution in [0.5, 0.6) is 0 Å². The fourth-order valence-corrected chi connectivity index (χ4v) is 1.29. The van der Waals surface area contributed by atoms with Crippen LogP contribution in [0, 0.1) is 13.8 Å². The quantitative estimate of drug-likeness (QED) is 0.780. The second kappa shape index (κ2) is 4.79. The van der Waals surface area contributed by atoms with Crippen molar-refractivity contribution in [1.82, 2.24) is 15.1 Å². The molecule has 1 aromatic heterocycles. The van der Waals surface area contributed by atoms with E-state index in [1.54, 1.807) is 4.68 Å². The molecule has 0 aromatic carbocycles. The van der Waals surface area contributed by atoms with Gasteiger partial charge in [-0.25, -0.2) is 0 Å². The first-order valence-electron chi connectivity index (χ1n) is 4.91. The number of aromatic nitrogens is 2. The van der Waals surface area contributed by atoms with Gasteiger partial charge in [0.05, 0.1) is 5.69 Å². The first-order valence-corrected chi connectivity index (χ1v) is 4.91. The number of nitrogens with zero attached hydrogens (tertiary/aromatic N) is 2. The molecule has 1 N–H and O–H groups in total. The molecule has 0 bridgehead atoms. The second-order valence-corrected chi connectivity index (χ2v) is 3.43. The van der Waals surface area contributed by atoms with E-state index in [1.165, 1.54) is 0 Å². The third-order valence-corrected chi connectivity index (χ3v) is 1.97. The molecule has 0 aliphatic rings. The largest absolute Gasteiger partial charge is 0.355 e. The Morgan fingerprint density at radius 1 is 1.57 bits per heavy atom. The van der Waals surface area contributed by atoms with Crippen LogP contribution in [0.15, 0.2) is 6.07 Å². The van der Waals surface area contributed by atoms with E-state index >= 15 is 0 Å². The molecule has 0 aliphatic heterocycles. The number of hydrogen-bond donors (Lipinski definition) is 1. The summed E-state index contributed by atoms with van der Waals surface area (Å²) < 4.78 is 1.72. The predicted octanol–water partition coefficient (Wildman–Crippen LogP) is 1.03. The molecule has 1 aromatic rings. The lowest BCUT2D eigenvalue weighted by atomic mass is 10.4. The van der Waals surface area contributed by atoms with E-state index in [4.69, 9.17) is 0 Å². The molecule has 14 heavy (non-hydrogen) atoms. The Balaban J connectivity index is 2.51. The van der Waals surface area contributed by atoms with Gasteiger partial charge in [-0.2, -0.15) is 5.10 Å². The standard InChI is InChI=1S/C10H17N3O/c1-4-5-11-10(14)7-13-9(3)6-8(2)12-13/h6H,4-5,7H2,1-3H3,(H,11,14). The summed E-state index contributed by atoms with van der Waals surface area (Å²) in [6.07, 6.45) is 0.961. The SMILES string of the molecule is CCCNC(=O)Cn1nc(C)cc1C. The van der Waals surface area contributed by atoms with Crippen LogP contribution in [0.3, 0.4) is 0 Å². The van der Waals surface area contributed by atoms with E-state index in [2.05, 4.69) is 10.4 Å². The van der Waals surface area contributed by atoms with Crippen LogP contribution >= 0.6 is 0 Å². The van der Waals surface area contributed by atoms with Crippen LogP contribution in [-0.4, -0.2) is 22.2 Å². The minimum absolute atomic E-state index is 0.0260. The molecule has 0 spiro atoms. The fourth-order valence-electron chi connectivity index (χ4n) is 1.29. The van der Waals surface area contributed by atoms with Crippen molar-refractivity contribution in [2.75, 3.05) is 6.54 Å². The van der Waals surface area contributed by atoms with E-state index in [9.17, 15) is 4.79 Å². The molecule has 0 radical (unpaired) electrons. The fraction of sp³-hybridized carbons (Fsp3) is 0.600. The van der Waals surface area contributed by atoms with Crippen molar-refractivity contribution < 1.29 is 4.79 Å². The van der Waals surface area contributed by atoms with Crippen LogP contribution in [0.4, 0.5) is 0 Å². The van der Waals surface area contributed by atoms with Gasteiger partial charge in [-0.15, -0.1) is 0 Å².